The van der Waals surface area contributed by atoms with E-state index in [0.29, 0.717) is 36.4 Å². The van der Waals surface area contributed by atoms with Crippen LogP contribution in [-0.4, -0.2) is 24.0 Å². The predicted octanol–water partition coefficient (Wildman–Crippen LogP) is 5.63. The van der Waals surface area contributed by atoms with E-state index in [1.807, 2.05) is 0 Å². The van der Waals surface area contributed by atoms with Crippen LogP contribution >= 0.6 is 0 Å². The van der Waals surface area contributed by atoms with Gasteiger partial charge < -0.3 is 4.74 Å². The standard InChI is InChI=1S/C23H31F3O3/c1-13(27)17-6-7-18-16-5-4-14-12-15(29-20(28)23(24,25)26)8-10-21(14,2)19(16)9-11-22(17,18)3/h4,15-19H,5-12H2,1-3H3/t15-,16-,17+,18-,19-,21-,22+/m0/s1. The number of ketones is 1. The summed E-state index contributed by atoms with van der Waals surface area (Å²) in [5.41, 5.74) is 1.24. The normalized spacial score (nSPS) is 44.2. The molecule has 3 nitrogen and oxygen atoms in total. The minimum Gasteiger partial charge on any atom is -0.455 e. The first kappa shape index (κ1) is 20.9. The van der Waals surface area contributed by atoms with Crippen molar-refractivity contribution in [3.05, 3.63) is 11.6 Å². The zero-order chi connectivity index (χ0) is 21.2. The van der Waals surface area contributed by atoms with Gasteiger partial charge >= 0.3 is 12.1 Å². The first-order valence-electron chi connectivity index (χ1n) is 10.9. The first-order chi connectivity index (χ1) is 13.5. The molecule has 0 unspecified atom stereocenters. The Morgan fingerprint density at radius 3 is 2.45 bits per heavy atom. The highest BCUT2D eigenvalue weighted by atomic mass is 19.4. The quantitative estimate of drug-likeness (QED) is 0.436. The monoisotopic (exact) mass is 412 g/mol. The Balaban J connectivity index is 1.53. The molecule has 29 heavy (non-hydrogen) atoms. The number of esters is 1. The smallest absolute Gasteiger partial charge is 0.455 e. The van der Waals surface area contributed by atoms with Gasteiger partial charge in [0.25, 0.3) is 0 Å². The molecule has 0 N–H and O–H groups in total. The molecule has 0 spiro atoms. The van der Waals surface area contributed by atoms with E-state index in [2.05, 4.69) is 19.9 Å². The molecule has 3 fully saturated rings. The van der Waals surface area contributed by atoms with E-state index in [0.717, 1.165) is 38.5 Å². The van der Waals surface area contributed by atoms with Gasteiger partial charge in [-0.2, -0.15) is 13.2 Å². The number of hydrogen-bond donors (Lipinski definition) is 0. The van der Waals surface area contributed by atoms with Crippen LogP contribution in [0.15, 0.2) is 11.6 Å². The molecule has 0 bridgehead atoms. The van der Waals surface area contributed by atoms with Crippen LogP contribution in [0, 0.1) is 34.5 Å². The van der Waals surface area contributed by atoms with Gasteiger partial charge in [-0.05, 0) is 80.5 Å². The van der Waals surface area contributed by atoms with Crippen molar-refractivity contribution in [1.82, 2.24) is 0 Å². The van der Waals surface area contributed by atoms with E-state index in [9.17, 15) is 22.8 Å². The Labute approximate surface area is 170 Å². The van der Waals surface area contributed by atoms with Gasteiger partial charge in [0.05, 0.1) is 0 Å². The summed E-state index contributed by atoms with van der Waals surface area (Å²) < 4.78 is 42.5. The Morgan fingerprint density at radius 2 is 1.79 bits per heavy atom. The molecule has 0 aromatic carbocycles. The lowest BCUT2D eigenvalue weighted by Crippen LogP contribution is -2.51. The Morgan fingerprint density at radius 1 is 1.07 bits per heavy atom. The maximum absolute atomic E-state index is 12.6. The molecule has 0 saturated heterocycles. The molecule has 4 rings (SSSR count). The summed E-state index contributed by atoms with van der Waals surface area (Å²) in [5, 5.41) is 0. The average Bonchev–Trinajstić information content (AvgIpc) is 2.98. The summed E-state index contributed by atoms with van der Waals surface area (Å²) in [4.78, 5) is 23.5. The Hall–Kier alpha value is -1.33. The highest BCUT2D eigenvalue weighted by molar-refractivity contribution is 5.79. The van der Waals surface area contributed by atoms with Gasteiger partial charge in [-0.3, -0.25) is 4.79 Å². The highest BCUT2D eigenvalue weighted by Gasteiger charge is 2.59. The number of carbonyl (C=O) groups excluding carboxylic acids is 2. The summed E-state index contributed by atoms with van der Waals surface area (Å²) in [5.74, 6) is 0.00938. The van der Waals surface area contributed by atoms with Crippen molar-refractivity contribution >= 4 is 11.8 Å². The van der Waals surface area contributed by atoms with Gasteiger partial charge in [0.1, 0.15) is 11.9 Å². The first-order valence-corrected chi connectivity index (χ1v) is 10.9. The van der Waals surface area contributed by atoms with Crippen LogP contribution in [0.2, 0.25) is 0 Å². The Kier molecular flexibility index (Phi) is 4.94. The third-order valence-corrected chi connectivity index (χ3v) is 9.05. The largest absolute Gasteiger partial charge is 0.490 e. The molecule has 0 aromatic rings. The van der Waals surface area contributed by atoms with Crippen LogP contribution in [0.25, 0.3) is 0 Å². The number of fused-ring (bicyclic) bond motifs is 5. The van der Waals surface area contributed by atoms with E-state index in [-0.39, 0.29) is 16.7 Å². The topological polar surface area (TPSA) is 43.4 Å². The molecular weight excluding hydrogens is 381 g/mol. The lowest BCUT2D eigenvalue weighted by atomic mass is 9.47. The Bertz CT molecular complexity index is 742. The van der Waals surface area contributed by atoms with Crippen LogP contribution in [-0.2, 0) is 14.3 Å². The van der Waals surface area contributed by atoms with E-state index < -0.39 is 18.2 Å². The van der Waals surface area contributed by atoms with Gasteiger partial charge in [-0.25, -0.2) is 4.79 Å². The summed E-state index contributed by atoms with van der Waals surface area (Å²) in [6, 6.07) is 0. The molecular formula is C23H31F3O3. The minimum atomic E-state index is -4.93. The van der Waals surface area contributed by atoms with Crippen LogP contribution < -0.4 is 0 Å². The fourth-order valence-corrected chi connectivity index (χ4v) is 7.61. The van der Waals surface area contributed by atoms with Crippen LogP contribution in [0.1, 0.15) is 72.1 Å². The lowest BCUT2D eigenvalue weighted by molar-refractivity contribution is -0.206. The summed E-state index contributed by atoms with van der Waals surface area (Å²) in [6.45, 7) is 6.30. The second-order valence-electron chi connectivity index (χ2n) is 10.3. The van der Waals surface area contributed by atoms with Crippen molar-refractivity contribution in [1.29, 1.82) is 0 Å². The average molecular weight is 412 g/mol. The van der Waals surface area contributed by atoms with E-state index in [4.69, 9.17) is 4.74 Å². The van der Waals surface area contributed by atoms with Crippen LogP contribution in [0.5, 0.6) is 0 Å². The van der Waals surface area contributed by atoms with Crippen LogP contribution in [0.3, 0.4) is 0 Å². The van der Waals surface area contributed by atoms with E-state index in [1.54, 1.807) is 6.92 Å². The number of alkyl halides is 3. The highest BCUT2D eigenvalue weighted by Crippen LogP contribution is 2.66. The molecule has 7 atom stereocenters. The molecule has 162 valence electrons. The van der Waals surface area contributed by atoms with Gasteiger partial charge in [-0.1, -0.05) is 25.5 Å². The summed E-state index contributed by atoms with van der Waals surface area (Å²) >= 11 is 0. The number of hydrogen-bond acceptors (Lipinski definition) is 3. The number of allylic oxidation sites excluding steroid dienone is 1. The zero-order valence-electron chi connectivity index (χ0n) is 17.5. The molecule has 0 aliphatic heterocycles. The molecule has 0 heterocycles. The van der Waals surface area contributed by atoms with E-state index >= 15 is 0 Å². The van der Waals surface area contributed by atoms with Gasteiger partial charge in [-0.15, -0.1) is 0 Å². The van der Waals surface area contributed by atoms with Crippen molar-refractivity contribution in [3.8, 4) is 0 Å². The van der Waals surface area contributed by atoms with Gasteiger partial charge in [0, 0.05) is 12.3 Å². The third-order valence-electron chi connectivity index (χ3n) is 9.05. The predicted molar refractivity (Wildman–Crippen MR) is 102 cm³/mol. The zero-order valence-corrected chi connectivity index (χ0v) is 17.5. The molecule has 6 heteroatoms. The van der Waals surface area contributed by atoms with Crippen molar-refractivity contribution in [2.75, 3.05) is 0 Å². The fraction of sp³-hybridized carbons (Fsp3) is 0.826. The third kappa shape index (κ3) is 3.25. The van der Waals surface area contributed by atoms with Crippen molar-refractivity contribution < 1.29 is 27.5 Å². The number of Topliss-reactive ketones (excluding diaryl/α,β-unsaturated/α-hetero) is 1. The van der Waals surface area contributed by atoms with Gasteiger partial charge in [0.15, 0.2) is 0 Å². The van der Waals surface area contributed by atoms with Crippen LogP contribution in [0.4, 0.5) is 13.2 Å². The SMILES string of the molecule is CC(=O)[C@H]1CC[C@H]2[C@@H]3CC=C4C[C@@H](OC(=O)C(F)(F)F)CC[C@]4(C)[C@H]3CC[C@]12C. The maximum Gasteiger partial charge on any atom is 0.490 e. The summed E-state index contributed by atoms with van der Waals surface area (Å²) in [7, 11) is 0. The molecule has 0 radical (unpaired) electrons. The van der Waals surface area contributed by atoms with E-state index in [1.165, 1.54) is 5.57 Å². The number of rotatable bonds is 2. The number of carbonyl (C=O) groups is 2. The second kappa shape index (κ2) is 6.84. The molecule has 0 amide bonds. The summed E-state index contributed by atoms with van der Waals surface area (Å²) in [6.07, 6.45) is 3.42. The number of halogens is 3. The second-order valence-corrected chi connectivity index (χ2v) is 10.3. The van der Waals surface area contributed by atoms with Crippen molar-refractivity contribution in [3.63, 3.8) is 0 Å². The van der Waals surface area contributed by atoms with Crippen molar-refractivity contribution in [2.45, 2.75) is 84.4 Å². The maximum atomic E-state index is 12.6. The molecule has 0 aromatic heterocycles. The van der Waals surface area contributed by atoms with Crippen molar-refractivity contribution in [2.24, 2.45) is 34.5 Å². The molecule has 3 saturated carbocycles. The molecule has 4 aliphatic rings. The fourth-order valence-electron chi connectivity index (χ4n) is 7.61. The number of ether oxygens (including phenoxy) is 1. The molecule has 4 aliphatic carbocycles. The van der Waals surface area contributed by atoms with Gasteiger partial charge in [0.2, 0.25) is 0 Å². The minimum absolute atomic E-state index is 0.0281. The lowest BCUT2D eigenvalue weighted by Gasteiger charge is -2.58.